The van der Waals surface area contributed by atoms with Crippen LogP contribution in [0.5, 0.6) is 5.75 Å². The molecular formula is C25H23N3O7S. The van der Waals surface area contributed by atoms with Gasteiger partial charge in [-0.05, 0) is 48.7 Å². The summed E-state index contributed by atoms with van der Waals surface area (Å²) < 4.78 is 11.2. The molecule has 0 radical (unpaired) electrons. The first kappa shape index (κ1) is 25.0. The van der Waals surface area contributed by atoms with Gasteiger partial charge in [-0.15, -0.1) is 0 Å². The molecule has 1 N–H and O–H groups in total. The Morgan fingerprint density at radius 2 is 1.61 bits per heavy atom. The zero-order valence-corrected chi connectivity index (χ0v) is 20.3. The molecule has 11 heteroatoms. The molecule has 10 nitrogen and oxygen atoms in total. The molecule has 0 aliphatic carbocycles. The van der Waals surface area contributed by atoms with E-state index in [1.807, 2.05) is 0 Å². The van der Waals surface area contributed by atoms with E-state index in [0.29, 0.717) is 11.3 Å². The molecule has 2 aromatic carbocycles. The fourth-order valence-corrected chi connectivity index (χ4v) is 5.16. The van der Waals surface area contributed by atoms with Crippen molar-refractivity contribution in [3.63, 3.8) is 0 Å². The van der Waals surface area contributed by atoms with Crippen LogP contribution in [0.3, 0.4) is 0 Å². The molecule has 2 aliphatic heterocycles. The number of carbonyl (C=O) groups excluding carboxylic acids is 5. The summed E-state index contributed by atoms with van der Waals surface area (Å²) in [4.78, 5) is 65.2. The molecule has 0 bridgehead atoms. The molecule has 4 rings (SSSR count). The van der Waals surface area contributed by atoms with Gasteiger partial charge < -0.3 is 19.7 Å². The van der Waals surface area contributed by atoms with E-state index in [-0.39, 0.29) is 17.7 Å². The van der Waals surface area contributed by atoms with Gasteiger partial charge in [0.1, 0.15) is 17.2 Å². The number of amides is 4. The average Bonchev–Trinajstić information content (AvgIpc) is 3.13. The molecule has 186 valence electrons. The van der Waals surface area contributed by atoms with E-state index >= 15 is 0 Å². The molecule has 2 aliphatic rings. The largest absolute Gasteiger partial charge is 0.484 e. The summed E-state index contributed by atoms with van der Waals surface area (Å²) in [6.07, 6.45) is 0. The molecule has 1 fully saturated rings. The maximum atomic E-state index is 13.1. The fourth-order valence-electron chi connectivity index (χ4n) is 3.92. The van der Waals surface area contributed by atoms with Crippen molar-refractivity contribution in [2.75, 3.05) is 13.7 Å². The van der Waals surface area contributed by atoms with Crippen LogP contribution in [-0.4, -0.2) is 70.0 Å². The van der Waals surface area contributed by atoms with Crippen LogP contribution in [0.4, 0.5) is 0 Å². The van der Waals surface area contributed by atoms with Crippen LogP contribution >= 0.6 is 11.9 Å². The number of hydrogen-bond acceptors (Lipinski definition) is 8. The molecule has 3 unspecified atom stereocenters. The number of esters is 1. The smallest absolute Gasteiger partial charge is 0.332 e. The summed E-state index contributed by atoms with van der Waals surface area (Å²) >= 11 is 0.752. The summed E-state index contributed by atoms with van der Waals surface area (Å²) in [5, 5.41) is 1.61. The highest BCUT2D eigenvalue weighted by Crippen LogP contribution is 2.39. The van der Waals surface area contributed by atoms with Crippen molar-refractivity contribution in [3.8, 4) is 5.75 Å². The highest BCUT2D eigenvalue weighted by molar-refractivity contribution is 7.98. The quantitative estimate of drug-likeness (QED) is 0.179. The van der Waals surface area contributed by atoms with Crippen molar-refractivity contribution in [1.82, 2.24) is 14.5 Å². The van der Waals surface area contributed by atoms with E-state index in [0.717, 1.165) is 21.2 Å². The van der Waals surface area contributed by atoms with Crippen LogP contribution in [0.15, 0.2) is 66.7 Å². The van der Waals surface area contributed by atoms with E-state index in [2.05, 4.69) is 11.9 Å². The summed E-state index contributed by atoms with van der Waals surface area (Å²) in [7, 11) is 1.18. The van der Waals surface area contributed by atoms with Gasteiger partial charge in [0.25, 0.3) is 17.7 Å². The number of imide groups is 1. The monoisotopic (exact) mass is 509 g/mol. The third-order valence-corrected chi connectivity index (χ3v) is 6.91. The molecule has 3 atom stereocenters. The number of methoxy groups -OCH3 is 1. The van der Waals surface area contributed by atoms with Gasteiger partial charge in [0.05, 0.1) is 18.2 Å². The number of β-lactam (4-membered cyclic amide) rings is 1. The lowest BCUT2D eigenvalue weighted by molar-refractivity contribution is -0.161. The SMILES string of the molecule is C=C(C)C(C(=O)OC)N1C(=O)C(NC(=O)COc2ccccc2)C1SN1C(=O)c2ccccc2C1=O. The Morgan fingerprint density at radius 3 is 2.17 bits per heavy atom. The normalized spacial score (nSPS) is 19.3. The number of hydrogen-bond donors (Lipinski definition) is 1. The number of carbonyl (C=O) groups is 5. The first-order valence-electron chi connectivity index (χ1n) is 10.9. The summed E-state index contributed by atoms with van der Waals surface area (Å²) in [6, 6.07) is 12.7. The summed E-state index contributed by atoms with van der Waals surface area (Å²) in [5.74, 6) is -2.55. The maximum absolute atomic E-state index is 13.1. The minimum atomic E-state index is -1.16. The molecular weight excluding hydrogens is 486 g/mol. The lowest BCUT2D eigenvalue weighted by atomic mass is 9.99. The Bertz CT molecular complexity index is 1210. The third kappa shape index (κ3) is 4.57. The minimum absolute atomic E-state index is 0.230. The third-order valence-electron chi connectivity index (χ3n) is 5.65. The van der Waals surface area contributed by atoms with Gasteiger partial charge in [-0.25, -0.2) is 9.10 Å². The van der Waals surface area contributed by atoms with Crippen molar-refractivity contribution < 1.29 is 33.4 Å². The van der Waals surface area contributed by atoms with Gasteiger partial charge in [-0.3, -0.25) is 19.2 Å². The van der Waals surface area contributed by atoms with Gasteiger partial charge in [-0.1, -0.05) is 36.9 Å². The second-order valence-corrected chi connectivity index (χ2v) is 9.17. The van der Waals surface area contributed by atoms with E-state index in [9.17, 15) is 24.0 Å². The number of fused-ring (bicyclic) bond motifs is 1. The van der Waals surface area contributed by atoms with Crippen LogP contribution in [0, 0.1) is 0 Å². The second-order valence-electron chi connectivity index (χ2n) is 8.11. The predicted molar refractivity (Wildman–Crippen MR) is 130 cm³/mol. The van der Waals surface area contributed by atoms with Crippen LogP contribution < -0.4 is 10.1 Å². The molecule has 4 amide bonds. The van der Waals surface area contributed by atoms with Crippen molar-refractivity contribution >= 4 is 41.5 Å². The van der Waals surface area contributed by atoms with Gasteiger partial charge >= 0.3 is 5.97 Å². The van der Waals surface area contributed by atoms with Crippen molar-refractivity contribution in [2.24, 2.45) is 0 Å². The maximum Gasteiger partial charge on any atom is 0.332 e. The van der Waals surface area contributed by atoms with E-state index in [1.54, 1.807) is 49.4 Å². The Labute approximate surface area is 211 Å². The van der Waals surface area contributed by atoms with Crippen molar-refractivity contribution in [3.05, 3.63) is 77.9 Å². The van der Waals surface area contributed by atoms with E-state index < -0.39 is 47.1 Å². The Morgan fingerprint density at radius 1 is 1.03 bits per heavy atom. The van der Waals surface area contributed by atoms with E-state index in [4.69, 9.17) is 9.47 Å². The van der Waals surface area contributed by atoms with Crippen LogP contribution in [0.1, 0.15) is 27.6 Å². The lowest BCUT2D eigenvalue weighted by Crippen LogP contribution is -2.73. The van der Waals surface area contributed by atoms with Crippen LogP contribution in [0.25, 0.3) is 0 Å². The summed E-state index contributed by atoms with van der Waals surface area (Å²) in [5.41, 5.74) is 0.780. The second kappa shape index (κ2) is 10.2. The molecule has 2 aromatic rings. The van der Waals surface area contributed by atoms with E-state index in [1.165, 1.54) is 19.2 Å². The van der Waals surface area contributed by atoms with Crippen LogP contribution in [-0.2, 0) is 19.1 Å². The number of nitrogens with one attached hydrogen (secondary N) is 1. The number of benzene rings is 2. The van der Waals surface area contributed by atoms with Crippen molar-refractivity contribution in [2.45, 2.75) is 24.4 Å². The Hall–Kier alpha value is -4.12. The molecule has 0 aromatic heterocycles. The highest BCUT2D eigenvalue weighted by atomic mass is 32.2. The first-order chi connectivity index (χ1) is 17.2. The van der Waals surface area contributed by atoms with Crippen LogP contribution in [0.2, 0.25) is 0 Å². The molecule has 0 spiro atoms. The average molecular weight is 510 g/mol. The molecule has 0 saturated carbocycles. The number of ether oxygens (including phenoxy) is 2. The van der Waals surface area contributed by atoms with Gasteiger partial charge in [0, 0.05) is 0 Å². The standard InChI is InChI=1S/C25H23N3O7S/c1-14(2)20(25(33)34-3)27-23(32)19(26-18(29)13-35-15-9-5-4-6-10-15)24(27)36-28-21(30)16-11-7-8-12-17(16)22(28)31/h4-12,19-20,24H,1,13H2,2-3H3,(H,26,29). The van der Waals surface area contributed by atoms with Gasteiger partial charge in [-0.2, -0.15) is 0 Å². The number of para-hydroxylation sites is 1. The van der Waals surface area contributed by atoms with Crippen molar-refractivity contribution in [1.29, 1.82) is 0 Å². The Kier molecular flexibility index (Phi) is 7.11. The molecule has 36 heavy (non-hydrogen) atoms. The lowest BCUT2D eigenvalue weighted by Gasteiger charge is -2.49. The Balaban J connectivity index is 1.55. The number of rotatable bonds is 9. The fraction of sp³-hybridized carbons (Fsp3) is 0.240. The topological polar surface area (TPSA) is 122 Å². The molecule has 1 saturated heterocycles. The predicted octanol–water partition coefficient (Wildman–Crippen LogP) is 1.78. The molecule has 2 heterocycles. The van der Waals surface area contributed by atoms with Gasteiger partial charge in [0.15, 0.2) is 12.6 Å². The number of likely N-dealkylation sites (tertiary alicyclic amines) is 1. The van der Waals surface area contributed by atoms with Gasteiger partial charge in [0.2, 0.25) is 5.91 Å². The minimum Gasteiger partial charge on any atom is -0.484 e. The summed E-state index contributed by atoms with van der Waals surface area (Å²) in [6.45, 7) is 4.97. The zero-order valence-electron chi connectivity index (χ0n) is 19.5. The first-order valence-corrected chi connectivity index (χ1v) is 11.8. The number of nitrogens with zero attached hydrogens (tertiary/aromatic N) is 2. The zero-order chi connectivity index (χ0) is 26.0. The highest BCUT2D eigenvalue weighted by Gasteiger charge is 2.56.